The SMILES string of the molecule is O=C1CCCC(C=CC2=C(c3ccc(F)cc3)C=C(c3ccc(F)cc3)CC23CCCC3)O1. The number of cyclic esters (lactones) is 1. The van der Waals surface area contributed by atoms with Gasteiger partial charge in [-0.15, -0.1) is 0 Å². The molecule has 1 aliphatic heterocycles. The molecule has 2 aromatic rings. The summed E-state index contributed by atoms with van der Waals surface area (Å²) in [5.41, 5.74) is 5.43. The van der Waals surface area contributed by atoms with Gasteiger partial charge in [0.25, 0.3) is 0 Å². The summed E-state index contributed by atoms with van der Waals surface area (Å²) in [5, 5.41) is 0. The molecule has 1 atom stereocenters. The highest BCUT2D eigenvalue weighted by molar-refractivity contribution is 5.90. The third kappa shape index (κ3) is 4.57. The van der Waals surface area contributed by atoms with Crippen molar-refractivity contribution in [3.05, 3.63) is 95.1 Å². The van der Waals surface area contributed by atoms with E-state index in [1.807, 2.05) is 30.3 Å². The first-order valence-electron chi connectivity index (χ1n) is 11.9. The molecule has 170 valence electrons. The second kappa shape index (κ2) is 9.09. The Morgan fingerprint density at radius 3 is 2.15 bits per heavy atom. The molecule has 3 aliphatic rings. The molecule has 1 heterocycles. The van der Waals surface area contributed by atoms with Gasteiger partial charge in [-0.05, 0) is 95.7 Å². The van der Waals surface area contributed by atoms with Crippen LogP contribution in [0.25, 0.3) is 11.1 Å². The van der Waals surface area contributed by atoms with E-state index < -0.39 is 0 Å². The standard InChI is InChI=1S/C29H28F2O2/c30-23-10-6-20(7-11-23)22-18-26(21-8-12-24(31)13-9-21)27(29(19-22)16-1-2-17-29)15-14-25-4-3-5-28(32)33-25/h6-15,18,25H,1-5,16-17,19H2. The Labute approximate surface area is 193 Å². The van der Waals surface area contributed by atoms with Crippen molar-refractivity contribution in [3.63, 3.8) is 0 Å². The van der Waals surface area contributed by atoms with Crippen molar-refractivity contribution >= 4 is 17.1 Å². The summed E-state index contributed by atoms with van der Waals surface area (Å²) in [6.07, 6.45) is 13.7. The number of halogens is 2. The van der Waals surface area contributed by atoms with E-state index in [-0.39, 0.29) is 29.1 Å². The van der Waals surface area contributed by atoms with Crippen molar-refractivity contribution in [1.29, 1.82) is 0 Å². The number of carbonyl (C=O) groups is 1. The normalized spacial score (nSPS) is 22.7. The van der Waals surface area contributed by atoms with Crippen LogP contribution in [0.15, 0.2) is 72.3 Å². The topological polar surface area (TPSA) is 26.3 Å². The molecule has 2 aliphatic carbocycles. The average molecular weight is 447 g/mol. The van der Waals surface area contributed by atoms with Crippen molar-refractivity contribution in [2.45, 2.75) is 57.5 Å². The molecule has 1 unspecified atom stereocenters. The lowest BCUT2D eigenvalue weighted by atomic mass is 9.66. The Hall–Kier alpha value is -3.01. The van der Waals surface area contributed by atoms with E-state index in [2.05, 4.69) is 12.2 Å². The van der Waals surface area contributed by atoms with Gasteiger partial charge in [0.2, 0.25) is 0 Å². The quantitative estimate of drug-likeness (QED) is 0.457. The summed E-state index contributed by atoms with van der Waals surface area (Å²) in [4.78, 5) is 11.8. The predicted molar refractivity (Wildman–Crippen MR) is 126 cm³/mol. The van der Waals surface area contributed by atoms with Gasteiger partial charge in [-0.2, -0.15) is 0 Å². The number of hydrogen-bond donors (Lipinski definition) is 0. The minimum Gasteiger partial charge on any atom is -0.458 e. The van der Waals surface area contributed by atoms with Gasteiger partial charge in [0, 0.05) is 6.42 Å². The maximum atomic E-state index is 13.7. The molecule has 2 nitrogen and oxygen atoms in total. The van der Waals surface area contributed by atoms with Gasteiger partial charge in [-0.1, -0.05) is 49.3 Å². The molecule has 0 radical (unpaired) electrons. The van der Waals surface area contributed by atoms with E-state index in [9.17, 15) is 13.6 Å². The van der Waals surface area contributed by atoms with Gasteiger partial charge in [0.05, 0.1) is 0 Å². The summed E-state index contributed by atoms with van der Waals surface area (Å²) in [7, 11) is 0. The van der Waals surface area contributed by atoms with Gasteiger partial charge in [0.1, 0.15) is 17.7 Å². The van der Waals surface area contributed by atoms with E-state index in [0.717, 1.165) is 61.6 Å². The minimum absolute atomic E-state index is 0.0304. The summed E-state index contributed by atoms with van der Waals surface area (Å²) < 4.78 is 32.8. The van der Waals surface area contributed by atoms with E-state index in [4.69, 9.17) is 4.74 Å². The predicted octanol–water partition coefficient (Wildman–Crippen LogP) is 7.42. The molecule has 1 saturated heterocycles. The summed E-state index contributed by atoms with van der Waals surface area (Å²) >= 11 is 0. The third-order valence-corrected chi connectivity index (χ3v) is 7.27. The number of hydrogen-bond acceptors (Lipinski definition) is 2. The zero-order valence-electron chi connectivity index (χ0n) is 18.7. The molecule has 0 amide bonds. The number of allylic oxidation sites excluding steroid dienone is 5. The number of carbonyl (C=O) groups excluding carboxylic acids is 1. The van der Waals surface area contributed by atoms with E-state index >= 15 is 0 Å². The molecule has 1 spiro atoms. The lowest BCUT2D eigenvalue weighted by Crippen LogP contribution is -2.25. The van der Waals surface area contributed by atoms with Crippen LogP contribution in [0.5, 0.6) is 0 Å². The number of esters is 1. The summed E-state index contributed by atoms with van der Waals surface area (Å²) in [6.45, 7) is 0. The van der Waals surface area contributed by atoms with E-state index in [1.165, 1.54) is 35.4 Å². The van der Waals surface area contributed by atoms with Crippen molar-refractivity contribution in [3.8, 4) is 0 Å². The number of ether oxygens (including phenoxy) is 1. The zero-order valence-corrected chi connectivity index (χ0v) is 18.7. The Bertz CT molecular complexity index is 1120. The lowest BCUT2D eigenvalue weighted by Gasteiger charge is -2.37. The second-order valence-corrected chi connectivity index (χ2v) is 9.45. The van der Waals surface area contributed by atoms with E-state index in [1.54, 1.807) is 0 Å². The van der Waals surface area contributed by atoms with Gasteiger partial charge in [-0.3, -0.25) is 4.79 Å². The Morgan fingerprint density at radius 2 is 1.52 bits per heavy atom. The molecule has 0 aromatic heterocycles. The Kier molecular flexibility index (Phi) is 6.01. The Morgan fingerprint density at radius 1 is 0.879 bits per heavy atom. The fourth-order valence-electron chi connectivity index (χ4n) is 5.60. The first-order chi connectivity index (χ1) is 16.0. The monoisotopic (exact) mass is 446 g/mol. The largest absolute Gasteiger partial charge is 0.458 e. The highest BCUT2D eigenvalue weighted by Gasteiger charge is 2.41. The average Bonchev–Trinajstić information content (AvgIpc) is 3.27. The fourth-order valence-corrected chi connectivity index (χ4v) is 5.60. The van der Waals surface area contributed by atoms with Crippen molar-refractivity contribution in [2.24, 2.45) is 5.41 Å². The molecule has 2 aromatic carbocycles. The van der Waals surface area contributed by atoms with Gasteiger partial charge in [0.15, 0.2) is 0 Å². The molecule has 1 saturated carbocycles. The van der Waals surface area contributed by atoms with E-state index in [0.29, 0.717) is 6.42 Å². The van der Waals surface area contributed by atoms with Gasteiger partial charge in [-0.25, -0.2) is 8.78 Å². The van der Waals surface area contributed by atoms with Crippen LogP contribution in [0.1, 0.15) is 62.5 Å². The van der Waals surface area contributed by atoms with Crippen LogP contribution in [0.2, 0.25) is 0 Å². The van der Waals surface area contributed by atoms with Gasteiger partial charge < -0.3 is 4.74 Å². The highest BCUT2D eigenvalue weighted by atomic mass is 19.1. The molecule has 0 bridgehead atoms. The minimum atomic E-state index is -0.264. The molecule has 4 heteroatoms. The van der Waals surface area contributed by atoms with Crippen molar-refractivity contribution < 1.29 is 18.3 Å². The first-order valence-corrected chi connectivity index (χ1v) is 11.9. The smallest absolute Gasteiger partial charge is 0.306 e. The number of rotatable bonds is 4. The molecule has 33 heavy (non-hydrogen) atoms. The van der Waals surface area contributed by atoms with Crippen LogP contribution >= 0.6 is 0 Å². The molecule has 5 rings (SSSR count). The molecule has 0 N–H and O–H groups in total. The maximum Gasteiger partial charge on any atom is 0.306 e. The van der Waals surface area contributed by atoms with Crippen LogP contribution in [0.4, 0.5) is 8.78 Å². The number of benzene rings is 2. The lowest BCUT2D eigenvalue weighted by molar-refractivity contribution is -0.150. The van der Waals surface area contributed by atoms with Crippen LogP contribution in [0, 0.1) is 17.0 Å². The highest BCUT2D eigenvalue weighted by Crippen LogP contribution is 2.55. The Balaban J connectivity index is 1.63. The molecular weight excluding hydrogens is 418 g/mol. The first kappa shape index (κ1) is 21.8. The second-order valence-electron chi connectivity index (χ2n) is 9.45. The van der Waals surface area contributed by atoms with Crippen LogP contribution < -0.4 is 0 Å². The van der Waals surface area contributed by atoms with Crippen LogP contribution in [-0.2, 0) is 9.53 Å². The van der Waals surface area contributed by atoms with Crippen molar-refractivity contribution in [2.75, 3.05) is 0 Å². The fraction of sp³-hybridized carbons (Fsp3) is 0.345. The van der Waals surface area contributed by atoms with Crippen molar-refractivity contribution in [1.82, 2.24) is 0 Å². The van der Waals surface area contributed by atoms with Crippen LogP contribution in [0.3, 0.4) is 0 Å². The molecular formula is C29H28F2O2. The third-order valence-electron chi connectivity index (χ3n) is 7.27. The molecule has 2 fully saturated rings. The van der Waals surface area contributed by atoms with Crippen LogP contribution in [-0.4, -0.2) is 12.1 Å². The van der Waals surface area contributed by atoms with Gasteiger partial charge >= 0.3 is 5.97 Å². The maximum absolute atomic E-state index is 13.7. The summed E-state index contributed by atoms with van der Waals surface area (Å²) in [5.74, 6) is -0.647. The summed E-state index contributed by atoms with van der Waals surface area (Å²) in [6, 6.07) is 13.3. The zero-order chi connectivity index (χ0) is 22.8.